The first-order valence-electron chi connectivity index (χ1n) is 10.4. The van der Waals surface area contributed by atoms with Gasteiger partial charge in [-0.15, -0.1) is 0 Å². The van der Waals surface area contributed by atoms with Gasteiger partial charge in [0.25, 0.3) is 5.91 Å². The topological polar surface area (TPSA) is 58.6 Å². The van der Waals surface area contributed by atoms with E-state index >= 15 is 0 Å². The maximum absolute atomic E-state index is 13.3. The molecule has 0 unspecified atom stereocenters. The predicted molar refractivity (Wildman–Crippen MR) is 124 cm³/mol. The van der Waals surface area contributed by atoms with Crippen molar-refractivity contribution in [2.24, 2.45) is 5.92 Å². The standard InChI is InChI=1S/C25H22BrFN2O3/c26-19-6-4-18(5-7-19)25(31)29-14-12-17(13-15-29)24(30)28-21-8-10-22(11-9-21)32-23-3-1-2-20(27)16-23/h1-11,16-17H,12-15H2,(H,28,30). The summed E-state index contributed by atoms with van der Waals surface area (Å²) in [6, 6.07) is 20.2. The molecule has 3 aromatic carbocycles. The molecule has 1 saturated heterocycles. The van der Waals surface area contributed by atoms with Crippen molar-refractivity contribution < 1.29 is 18.7 Å². The van der Waals surface area contributed by atoms with Gasteiger partial charge in [0.15, 0.2) is 0 Å². The van der Waals surface area contributed by atoms with Gasteiger partial charge in [0.1, 0.15) is 17.3 Å². The third-order valence-corrected chi connectivity index (χ3v) is 5.93. The van der Waals surface area contributed by atoms with E-state index in [0.29, 0.717) is 48.7 Å². The van der Waals surface area contributed by atoms with E-state index < -0.39 is 0 Å². The van der Waals surface area contributed by atoms with Crippen molar-refractivity contribution in [2.75, 3.05) is 18.4 Å². The number of piperidine rings is 1. The number of hydrogen-bond acceptors (Lipinski definition) is 3. The van der Waals surface area contributed by atoms with Crippen LogP contribution < -0.4 is 10.1 Å². The summed E-state index contributed by atoms with van der Waals surface area (Å²) in [5.74, 6) is 0.382. The van der Waals surface area contributed by atoms with E-state index in [1.807, 2.05) is 12.1 Å². The van der Waals surface area contributed by atoms with Gasteiger partial charge in [-0.2, -0.15) is 0 Å². The monoisotopic (exact) mass is 496 g/mol. The van der Waals surface area contributed by atoms with Crippen molar-refractivity contribution in [3.63, 3.8) is 0 Å². The minimum Gasteiger partial charge on any atom is -0.457 e. The molecule has 1 fully saturated rings. The molecule has 32 heavy (non-hydrogen) atoms. The van der Waals surface area contributed by atoms with Gasteiger partial charge in [-0.3, -0.25) is 9.59 Å². The Morgan fingerprint density at radius 1 is 0.938 bits per heavy atom. The fraction of sp³-hybridized carbons (Fsp3) is 0.200. The van der Waals surface area contributed by atoms with Crippen LogP contribution in [-0.2, 0) is 4.79 Å². The van der Waals surface area contributed by atoms with E-state index in [-0.39, 0.29) is 23.5 Å². The van der Waals surface area contributed by atoms with Crippen LogP contribution in [0.4, 0.5) is 10.1 Å². The van der Waals surface area contributed by atoms with E-state index in [0.717, 1.165) is 4.47 Å². The first-order valence-corrected chi connectivity index (χ1v) is 11.2. The van der Waals surface area contributed by atoms with Crippen molar-refractivity contribution in [3.05, 3.63) is 88.6 Å². The van der Waals surface area contributed by atoms with Gasteiger partial charge in [-0.05, 0) is 73.5 Å². The molecular weight excluding hydrogens is 475 g/mol. The maximum atomic E-state index is 13.3. The van der Waals surface area contributed by atoms with Crippen LogP contribution in [0.15, 0.2) is 77.3 Å². The Labute approximate surface area is 194 Å². The Morgan fingerprint density at radius 2 is 1.62 bits per heavy atom. The number of amides is 2. The average Bonchev–Trinajstić information content (AvgIpc) is 2.80. The molecule has 5 nitrogen and oxygen atoms in total. The number of carbonyl (C=O) groups excluding carboxylic acids is 2. The molecule has 0 bridgehead atoms. The van der Waals surface area contributed by atoms with Gasteiger partial charge in [0.05, 0.1) is 0 Å². The van der Waals surface area contributed by atoms with Crippen LogP contribution in [0.3, 0.4) is 0 Å². The number of hydrogen-bond donors (Lipinski definition) is 1. The molecule has 0 aliphatic carbocycles. The largest absolute Gasteiger partial charge is 0.457 e. The van der Waals surface area contributed by atoms with Crippen molar-refractivity contribution in [2.45, 2.75) is 12.8 Å². The highest BCUT2D eigenvalue weighted by Gasteiger charge is 2.27. The number of likely N-dealkylation sites (tertiary alicyclic amines) is 1. The summed E-state index contributed by atoms with van der Waals surface area (Å²) in [6.45, 7) is 1.10. The Morgan fingerprint density at radius 3 is 2.28 bits per heavy atom. The molecule has 1 aliphatic heterocycles. The zero-order chi connectivity index (χ0) is 22.5. The van der Waals surface area contributed by atoms with Gasteiger partial charge in [-0.25, -0.2) is 4.39 Å². The number of rotatable bonds is 5. The molecule has 1 heterocycles. The number of carbonyl (C=O) groups is 2. The minimum absolute atomic E-state index is 0.00903. The van der Waals surface area contributed by atoms with Crippen LogP contribution >= 0.6 is 15.9 Å². The molecule has 0 radical (unpaired) electrons. The Hall–Kier alpha value is -3.19. The van der Waals surface area contributed by atoms with E-state index in [4.69, 9.17) is 4.74 Å². The Kier molecular flexibility index (Phi) is 6.85. The Bertz CT molecular complexity index is 1090. The molecular formula is C25H22BrFN2O3. The number of anilines is 1. The summed E-state index contributed by atoms with van der Waals surface area (Å²) in [7, 11) is 0. The zero-order valence-electron chi connectivity index (χ0n) is 17.3. The lowest BCUT2D eigenvalue weighted by Crippen LogP contribution is -2.41. The molecule has 7 heteroatoms. The van der Waals surface area contributed by atoms with Crippen LogP contribution in [0.25, 0.3) is 0 Å². The van der Waals surface area contributed by atoms with Crippen molar-refractivity contribution in [3.8, 4) is 11.5 Å². The zero-order valence-corrected chi connectivity index (χ0v) is 18.8. The van der Waals surface area contributed by atoms with Crippen LogP contribution in [0, 0.1) is 11.7 Å². The van der Waals surface area contributed by atoms with Crippen molar-refractivity contribution in [1.82, 2.24) is 4.90 Å². The highest BCUT2D eigenvalue weighted by molar-refractivity contribution is 9.10. The van der Waals surface area contributed by atoms with Crippen molar-refractivity contribution >= 4 is 33.4 Å². The summed E-state index contributed by atoms with van der Waals surface area (Å²) in [6.07, 6.45) is 1.24. The van der Waals surface area contributed by atoms with E-state index in [2.05, 4.69) is 21.2 Å². The molecule has 0 spiro atoms. The average molecular weight is 497 g/mol. The second-order valence-electron chi connectivity index (χ2n) is 7.65. The molecule has 0 aromatic heterocycles. The van der Waals surface area contributed by atoms with Gasteiger partial charge in [-0.1, -0.05) is 22.0 Å². The summed E-state index contributed by atoms with van der Waals surface area (Å²) < 4.78 is 19.8. The van der Waals surface area contributed by atoms with Crippen LogP contribution in [-0.4, -0.2) is 29.8 Å². The Balaban J connectivity index is 1.28. The maximum Gasteiger partial charge on any atom is 0.253 e. The predicted octanol–water partition coefficient (Wildman–Crippen LogP) is 5.87. The van der Waals surface area contributed by atoms with E-state index in [1.54, 1.807) is 53.4 Å². The SMILES string of the molecule is O=C(Nc1ccc(Oc2cccc(F)c2)cc1)C1CCN(C(=O)c2ccc(Br)cc2)CC1. The summed E-state index contributed by atoms with van der Waals surface area (Å²) in [4.78, 5) is 27.1. The molecule has 0 atom stereocenters. The molecule has 2 amide bonds. The first-order chi connectivity index (χ1) is 15.5. The number of nitrogens with one attached hydrogen (secondary N) is 1. The van der Waals surface area contributed by atoms with Crippen LogP contribution in [0.5, 0.6) is 11.5 Å². The number of nitrogens with zero attached hydrogens (tertiary/aromatic N) is 1. The van der Waals surface area contributed by atoms with Crippen molar-refractivity contribution in [1.29, 1.82) is 0 Å². The van der Waals surface area contributed by atoms with Gasteiger partial charge < -0.3 is 15.0 Å². The first kappa shape index (κ1) is 22.0. The third-order valence-electron chi connectivity index (χ3n) is 5.40. The fourth-order valence-corrected chi connectivity index (χ4v) is 3.90. The summed E-state index contributed by atoms with van der Waals surface area (Å²) in [5.41, 5.74) is 1.31. The number of benzene rings is 3. The summed E-state index contributed by atoms with van der Waals surface area (Å²) in [5, 5.41) is 2.93. The van der Waals surface area contributed by atoms with Crippen LogP contribution in [0.2, 0.25) is 0 Å². The summed E-state index contributed by atoms with van der Waals surface area (Å²) >= 11 is 3.37. The number of halogens is 2. The van der Waals surface area contributed by atoms with Crippen LogP contribution in [0.1, 0.15) is 23.2 Å². The lowest BCUT2D eigenvalue weighted by molar-refractivity contribution is -0.121. The van der Waals surface area contributed by atoms with Gasteiger partial charge in [0.2, 0.25) is 5.91 Å². The molecule has 1 N–H and O–H groups in total. The molecule has 0 saturated carbocycles. The fourth-order valence-electron chi connectivity index (χ4n) is 3.64. The normalized spacial score (nSPS) is 14.1. The lowest BCUT2D eigenvalue weighted by Gasteiger charge is -2.31. The van der Waals surface area contributed by atoms with Gasteiger partial charge in [0, 0.05) is 40.8 Å². The second kappa shape index (κ2) is 9.96. The number of ether oxygens (including phenoxy) is 1. The molecule has 4 rings (SSSR count). The van der Waals surface area contributed by atoms with E-state index in [9.17, 15) is 14.0 Å². The quantitative estimate of drug-likeness (QED) is 0.480. The van der Waals surface area contributed by atoms with E-state index in [1.165, 1.54) is 12.1 Å². The lowest BCUT2D eigenvalue weighted by atomic mass is 9.95. The minimum atomic E-state index is -0.365. The third kappa shape index (κ3) is 5.53. The second-order valence-corrected chi connectivity index (χ2v) is 8.56. The van der Waals surface area contributed by atoms with Gasteiger partial charge >= 0.3 is 0 Å². The molecule has 164 valence electrons. The smallest absolute Gasteiger partial charge is 0.253 e. The molecule has 3 aromatic rings. The highest BCUT2D eigenvalue weighted by atomic mass is 79.9. The highest BCUT2D eigenvalue weighted by Crippen LogP contribution is 2.25. The molecule has 1 aliphatic rings.